The Balaban J connectivity index is 1.43. The highest BCUT2D eigenvalue weighted by Crippen LogP contribution is 2.16. The lowest BCUT2D eigenvalue weighted by Gasteiger charge is -2.17. The first kappa shape index (κ1) is 20.3. The van der Waals surface area contributed by atoms with E-state index in [1.165, 1.54) is 18.1 Å². The van der Waals surface area contributed by atoms with Crippen LogP contribution in [0.2, 0.25) is 0 Å². The lowest BCUT2D eigenvalue weighted by Crippen LogP contribution is -2.40. The molecule has 150 valence electrons. The number of hydrogen-bond acceptors (Lipinski definition) is 2. The van der Waals surface area contributed by atoms with Crippen molar-refractivity contribution in [3.8, 4) is 0 Å². The molecule has 0 spiro atoms. The number of benzene rings is 2. The Labute approximate surface area is 167 Å². The summed E-state index contributed by atoms with van der Waals surface area (Å²) in [6.45, 7) is 7.45. The highest BCUT2D eigenvalue weighted by Gasteiger charge is 2.22. The van der Waals surface area contributed by atoms with E-state index in [1.807, 2.05) is 13.0 Å². The van der Waals surface area contributed by atoms with E-state index in [2.05, 4.69) is 50.9 Å². The largest absolute Gasteiger partial charge is 0.357 e. The molecule has 1 fully saturated rings. The summed E-state index contributed by atoms with van der Waals surface area (Å²) in [6.07, 6.45) is 2.31. The summed E-state index contributed by atoms with van der Waals surface area (Å²) < 4.78 is 13.8. The molecule has 2 aromatic rings. The average molecular weight is 383 g/mol. The van der Waals surface area contributed by atoms with Crippen LogP contribution in [0.4, 0.5) is 4.39 Å². The lowest BCUT2D eigenvalue weighted by atomic mass is 10.1. The molecule has 0 aromatic heterocycles. The van der Waals surface area contributed by atoms with Gasteiger partial charge in [-0.2, -0.15) is 0 Å². The molecule has 1 heterocycles. The summed E-state index contributed by atoms with van der Waals surface area (Å²) in [5.41, 5.74) is 2.02. The van der Waals surface area contributed by atoms with Crippen LogP contribution in [0.1, 0.15) is 24.5 Å². The van der Waals surface area contributed by atoms with Gasteiger partial charge in [-0.3, -0.25) is 0 Å². The summed E-state index contributed by atoms with van der Waals surface area (Å²) in [5, 5.41) is 6.69. The molecule has 1 unspecified atom stereocenters. The van der Waals surface area contributed by atoms with Crippen LogP contribution in [0.5, 0.6) is 0 Å². The third-order valence-electron chi connectivity index (χ3n) is 5.20. The van der Waals surface area contributed by atoms with E-state index in [-0.39, 0.29) is 5.82 Å². The maximum atomic E-state index is 13.8. The minimum absolute atomic E-state index is 0.202. The summed E-state index contributed by atoms with van der Waals surface area (Å²) in [7, 11) is 0. The molecule has 0 radical (unpaired) electrons. The van der Waals surface area contributed by atoms with E-state index in [0.717, 1.165) is 45.1 Å². The minimum atomic E-state index is -0.202. The molecular formula is C23H31FN4. The predicted molar refractivity (Wildman–Crippen MR) is 114 cm³/mol. The molecule has 1 atom stereocenters. The molecular weight excluding hydrogens is 351 g/mol. The summed E-state index contributed by atoms with van der Waals surface area (Å²) in [4.78, 5) is 7.09. The first-order valence-electron chi connectivity index (χ1n) is 10.3. The zero-order chi connectivity index (χ0) is 19.6. The van der Waals surface area contributed by atoms with Gasteiger partial charge < -0.3 is 15.5 Å². The van der Waals surface area contributed by atoms with E-state index >= 15 is 0 Å². The number of rotatable bonds is 8. The Morgan fingerprint density at radius 3 is 2.68 bits per heavy atom. The van der Waals surface area contributed by atoms with Gasteiger partial charge in [0.2, 0.25) is 0 Å². The van der Waals surface area contributed by atoms with Crippen LogP contribution in [0.3, 0.4) is 0 Å². The molecule has 1 aliphatic rings. The van der Waals surface area contributed by atoms with Gasteiger partial charge in [0.15, 0.2) is 5.96 Å². The van der Waals surface area contributed by atoms with Crippen LogP contribution < -0.4 is 10.6 Å². The van der Waals surface area contributed by atoms with Gasteiger partial charge in [-0.05, 0) is 43.9 Å². The summed E-state index contributed by atoms with van der Waals surface area (Å²) >= 11 is 0. The smallest absolute Gasteiger partial charge is 0.191 e. The SMILES string of the molecule is CCNC(=NCc1ccccc1F)NCC1CCN(CCc2ccccc2)C1. The fourth-order valence-corrected chi connectivity index (χ4v) is 3.59. The Bertz CT molecular complexity index is 747. The standard InChI is InChI=1S/C23H31FN4/c1-2-25-23(27-17-21-10-6-7-11-22(21)24)26-16-20-13-15-28(18-20)14-12-19-8-4-3-5-9-19/h3-11,20H,2,12-18H2,1H3,(H2,25,26,27). The number of nitrogens with one attached hydrogen (secondary N) is 2. The maximum absolute atomic E-state index is 13.8. The van der Waals surface area contributed by atoms with E-state index in [0.29, 0.717) is 18.0 Å². The van der Waals surface area contributed by atoms with Crippen molar-refractivity contribution in [1.29, 1.82) is 0 Å². The first-order valence-corrected chi connectivity index (χ1v) is 10.3. The van der Waals surface area contributed by atoms with Crippen molar-refractivity contribution < 1.29 is 4.39 Å². The predicted octanol–water partition coefficient (Wildman–Crippen LogP) is 3.45. The maximum Gasteiger partial charge on any atom is 0.191 e. The second-order valence-electron chi connectivity index (χ2n) is 7.36. The Hall–Kier alpha value is -2.40. The van der Waals surface area contributed by atoms with Gasteiger partial charge in [-0.15, -0.1) is 0 Å². The van der Waals surface area contributed by atoms with Crippen LogP contribution in [-0.4, -0.2) is 43.6 Å². The molecule has 4 nitrogen and oxygen atoms in total. The van der Waals surface area contributed by atoms with Crippen molar-refractivity contribution in [2.45, 2.75) is 26.3 Å². The highest BCUT2D eigenvalue weighted by molar-refractivity contribution is 5.79. The third-order valence-corrected chi connectivity index (χ3v) is 5.20. The third kappa shape index (κ3) is 6.34. The zero-order valence-corrected chi connectivity index (χ0v) is 16.7. The number of aliphatic imine (C=N–C) groups is 1. The fraction of sp³-hybridized carbons (Fsp3) is 0.435. The number of nitrogens with zero attached hydrogens (tertiary/aromatic N) is 2. The number of likely N-dealkylation sites (tertiary alicyclic amines) is 1. The molecule has 3 rings (SSSR count). The molecule has 2 aromatic carbocycles. The first-order chi connectivity index (χ1) is 13.7. The molecule has 1 aliphatic heterocycles. The molecule has 0 aliphatic carbocycles. The molecule has 0 amide bonds. The molecule has 1 saturated heterocycles. The quantitative estimate of drug-likeness (QED) is 0.543. The van der Waals surface area contributed by atoms with E-state index in [4.69, 9.17) is 0 Å². The van der Waals surface area contributed by atoms with Crippen LogP contribution >= 0.6 is 0 Å². The van der Waals surface area contributed by atoms with Crippen LogP contribution in [-0.2, 0) is 13.0 Å². The van der Waals surface area contributed by atoms with Crippen molar-refractivity contribution in [1.82, 2.24) is 15.5 Å². The van der Waals surface area contributed by atoms with Gasteiger partial charge in [0.1, 0.15) is 5.82 Å². The van der Waals surface area contributed by atoms with Crippen molar-refractivity contribution in [3.63, 3.8) is 0 Å². The van der Waals surface area contributed by atoms with Crippen molar-refractivity contribution >= 4 is 5.96 Å². The van der Waals surface area contributed by atoms with E-state index < -0.39 is 0 Å². The van der Waals surface area contributed by atoms with Gasteiger partial charge in [0.25, 0.3) is 0 Å². The molecule has 2 N–H and O–H groups in total. The Morgan fingerprint density at radius 2 is 1.89 bits per heavy atom. The van der Waals surface area contributed by atoms with Gasteiger partial charge in [0.05, 0.1) is 6.54 Å². The summed E-state index contributed by atoms with van der Waals surface area (Å²) in [5.74, 6) is 1.17. The topological polar surface area (TPSA) is 39.7 Å². The molecule has 0 saturated carbocycles. The Kier molecular flexibility index (Phi) is 7.85. The van der Waals surface area contributed by atoms with Gasteiger partial charge in [0, 0.05) is 31.7 Å². The van der Waals surface area contributed by atoms with Gasteiger partial charge in [-0.1, -0.05) is 48.5 Å². The summed E-state index contributed by atoms with van der Waals surface area (Å²) in [6, 6.07) is 17.5. The van der Waals surface area contributed by atoms with Crippen molar-refractivity contribution in [3.05, 3.63) is 71.5 Å². The molecule has 5 heteroatoms. The minimum Gasteiger partial charge on any atom is -0.357 e. The monoisotopic (exact) mass is 382 g/mol. The lowest BCUT2D eigenvalue weighted by molar-refractivity contribution is 0.328. The van der Waals surface area contributed by atoms with Crippen LogP contribution in [0.15, 0.2) is 59.6 Å². The second-order valence-corrected chi connectivity index (χ2v) is 7.36. The molecule has 0 bridgehead atoms. The van der Waals surface area contributed by atoms with E-state index in [1.54, 1.807) is 12.1 Å². The highest BCUT2D eigenvalue weighted by atomic mass is 19.1. The molecule has 28 heavy (non-hydrogen) atoms. The number of hydrogen-bond donors (Lipinski definition) is 2. The van der Waals surface area contributed by atoms with Crippen molar-refractivity contribution in [2.24, 2.45) is 10.9 Å². The van der Waals surface area contributed by atoms with Gasteiger partial charge in [-0.25, -0.2) is 9.38 Å². The Morgan fingerprint density at radius 1 is 1.11 bits per heavy atom. The second kappa shape index (κ2) is 10.8. The van der Waals surface area contributed by atoms with Crippen molar-refractivity contribution in [2.75, 3.05) is 32.7 Å². The number of guanidine groups is 1. The van der Waals surface area contributed by atoms with E-state index in [9.17, 15) is 4.39 Å². The fourth-order valence-electron chi connectivity index (χ4n) is 3.59. The van der Waals surface area contributed by atoms with Crippen LogP contribution in [0.25, 0.3) is 0 Å². The van der Waals surface area contributed by atoms with Gasteiger partial charge >= 0.3 is 0 Å². The number of halogens is 1. The normalized spacial score (nSPS) is 17.6. The zero-order valence-electron chi connectivity index (χ0n) is 16.7. The average Bonchev–Trinajstić information content (AvgIpc) is 3.18. The van der Waals surface area contributed by atoms with Crippen LogP contribution in [0, 0.1) is 11.7 Å².